The van der Waals surface area contributed by atoms with Crippen LogP contribution in [0.15, 0.2) is 18.2 Å². The van der Waals surface area contributed by atoms with Crippen LogP contribution in [0.4, 0.5) is 0 Å². The molecule has 0 saturated carbocycles. The van der Waals surface area contributed by atoms with Gasteiger partial charge in [0.25, 0.3) is 5.91 Å². The van der Waals surface area contributed by atoms with Crippen molar-refractivity contribution in [3.05, 3.63) is 34.9 Å². The number of aryl methyl sites for hydroxylation is 2. The fraction of sp³-hybridized carbons (Fsp3) is 0.562. The maximum atomic E-state index is 12.1. The van der Waals surface area contributed by atoms with E-state index in [1.807, 2.05) is 6.92 Å². The minimum atomic E-state index is 0.0576. The summed E-state index contributed by atoms with van der Waals surface area (Å²) in [6.07, 6.45) is 0. The molecule has 110 valence electrons. The van der Waals surface area contributed by atoms with Gasteiger partial charge in [0, 0.05) is 0 Å². The quantitative estimate of drug-likeness (QED) is 0.836. The summed E-state index contributed by atoms with van der Waals surface area (Å²) in [5.41, 5.74) is 3.71. The average molecular weight is 277 g/mol. The minimum absolute atomic E-state index is 0.0576. The molecule has 0 radical (unpaired) electrons. The molecule has 2 rings (SSSR count). The van der Waals surface area contributed by atoms with E-state index in [0.717, 1.165) is 26.3 Å². The van der Waals surface area contributed by atoms with Crippen molar-refractivity contribution in [1.29, 1.82) is 0 Å². The van der Waals surface area contributed by atoms with Crippen molar-refractivity contribution in [1.82, 2.24) is 5.32 Å². The highest BCUT2D eigenvalue weighted by atomic mass is 16.5. The van der Waals surface area contributed by atoms with Gasteiger partial charge in [-0.1, -0.05) is 18.2 Å². The average Bonchev–Trinajstić information content (AvgIpc) is 2.42. The fourth-order valence-corrected chi connectivity index (χ4v) is 2.47. The molecule has 4 nitrogen and oxygen atoms in total. The van der Waals surface area contributed by atoms with Crippen molar-refractivity contribution in [3.63, 3.8) is 0 Å². The van der Waals surface area contributed by atoms with Crippen LogP contribution >= 0.6 is 0 Å². The molecule has 1 heterocycles. The molecule has 1 aliphatic heterocycles. The topological polar surface area (TPSA) is 42.8 Å². The number of benzene rings is 1. The smallest absolute Gasteiger partial charge is 0.275 e. The summed E-state index contributed by atoms with van der Waals surface area (Å²) in [6.45, 7) is 10.1. The highest BCUT2D eigenvalue weighted by Crippen LogP contribution is 2.16. The molecule has 1 atom stereocenters. The second-order valence-electron chi connectivity index (χ2n) is 5.67. The first kappa shape index (κ1) is 15.0. The Hall–Kier alpha value is -1.39. The monoisotopic (exact) mass is 277 g/mol. The normalized spacial score (nSPS) is 17.8. The van der Waals surface area contributed by atoms with E-state index in [-0.39, 0.29) is 11.9 Å². The molecule has 1 aromatic rings. The lowest BCUT2D eigenvalue weighted by Gasteiger charge is -2.24. The van der Waals surface area contributed by atoms with Gasteiger partial charge < -0.3 is 15.0 Å². The van der Waals surface area contributed by atoms with Gasteiger partial charge in [-0.3, -0.25) is 4.79 Å². The van der Waals surface area contributed by atoms with E-state index in [4.69, 9.17) is 4.74 Å². The number of hydrogen-bond acceptors (Lipinski definition) is 2. The van der Waals surface area contributed by atoms with E-state index in [1.54, 1.807) is 0 Å². The Labute approximate surface area is 121 Å². The van der Waals surface area contributed by atoms with Gasteiger partial charge in [0.2, 0.25) is 0 Å². The molecule has 1 amide bonds. The van der Waals surface area contributed by atoms with Gasteiger partial charge in [0.1, 0.15) is 13.1 Å². The number of carbonyl (C=O) groups excluding carboxylic acids is 1. The maximum absolute atomic E-state index is 12.1. The molecule has 0 unspecified atom stereocenters. The number of carbonyl (C=O) groups is 1. The molecule has 0 aliphatic carbocycles. The third-order valence-electron chi connectivity index (χ3n) is 4.02. The third kappa shape index (κ3) is 4.05. The second-order valence-corrected chi connectivity index (χ2v) is 5.67. The number of amides is 1. The Balaban J connectivity index is 1.87. The standard InChI is InChI=1S/C16H24N2O2/c1-12-4-5-15(10-13(12)2)14(3)17-16(19)11-18-6-8-20-9-7-18/h4-5,10,14H,6-9,11H2,1-3H3,(H,17,19)/p+1/t14-/m0/s1. The van der Waals surface area contributed by atoms with Crippen LogP contribution in [0.2, 0.25) is 0 Å². The lowest BCUT2D eigenvalue weighted by Crippen LogP contribution is -3.15. The maximum Gasteiger partial charge on any atom is 0.275 e. The molecule has 1 aromatic carbocycles. The summed E-state index contributed by atoms with van der Waals surface area (Å²) in [5.74, 6) is 0.118. The van der Waals surface area contributed by atoms with Crippen LogP contribution in [0, 0.1) is 13.8 Å². The van der Waals surface area contributed by atoms with Crippen LogP contribution in [0.5, 0.6) is 0 Å². The lowest BCUT2D eigenvalue weighted by molar-refractivity contribution is -0.900. The first-order valence-electron chi connectivity index (χ1n) is 7.34. The molecule has 2 N–H and O–H groups in total. The molecule has 1 saturated heterocycles. The fourth-order valence-electron chi connectivity index (χ4n) is 2.47. The lowest BCUT2D eigenvalue weighted by atomic mass is 10.0. The van der Waals surface area contributed by atoms with Crippen molar-refractivity contribution in [2.24, 2.45) is 0 Å². The van der Waals surface area contributed by atoms with Gasteiger partial charge in [-0.2, -0.15) is 0 Å². The van der Waals surface area contributed by atoms with E-state index in [0.29, 0.717) is 6.54 Å². The molecule has 1 fully saturated rings. The molecule has 20 heavy (non-hydrogen) atoms. The van der Waals surface area contributed by atoms with Gasteiger partial charge in [-0.05, 0) is 37.5 Å². The van der Waals surface area contributed by atoms with Crippen LogP contribution in [-0.2, 0) is 9.53 Å². The molecule has 0 bridgehead atoms. The van der Waals surface area contributed by atoms with Gasteiger partial charge in [-0.25, -0.2) is 0 Å². The van der Waals surface area contributed by atoms with Crippen LogP contribution in [0.25, 0.3) is 0 Å². The Morgan fingerprint density at radius 2 is 2.00 bits per heavy atom. The largest absolute Gasteiger partial charge is 0.370 e. The summed E-state index contributed by atoms with van der Waals surface area (Å²) < 4.78 is 5.30. The Kier molecular flexibility index (Phi) is 5.15. The predicted molar refractivity (Wildman–Crippen MR) is 78.9 cm³/mol. The SMILES string of the molecule is Cc1ccc([C@H](C)NC(=O)C[NH+]2CCOCC2)cc1C. The van der Waals surface area contributed by atoms with Crippen molar-refractivity contribution < 1.29 is 14.4 Å². The van der Waals surface area contributed by atoms with Crippen molar-refractivity contribution >= 4 is 5.91 Å². The number of morpholine rings is 1. The summed E-state index contributed by atoms with van der Waals surface area (Å²) in [6, 6.07) is 6.42. The Morgan fingerprint density at radius 1 is 1.30 bits per heavy atom. The molecular weight excluding hydrogens is 252 g/mol. The third-order valence-corrected chi connectivity index (χ3v) is 4.02. The number of hydrogen-bond donors (Lipinski definition) is 2. The van der Waals surface area contributed by atoms with E-state index in [9.17, 15) is 4.79 Å². The highest BCUT2D eigenvalue weighted by molar-refractivity contribution is 5.77. The van der Waals surface area contributed by atoms with E-state index >= 15 is 0 Å². The molecule has 0 spiro atoms. The molecular formula is C16H25N2O2+. The zero-order chi connectivity index (χ0) is 14.5. The van der Waals surface area contributed by atoms with Crippen molar-refractivity contribution in [2.75, 3.05) is 32.8 Å². The zero-order valence-electron chi connectivity index (χ0n) is 12.7. The number of nitrogens with one attached hydrogen (secondary N) is 2. The van der Waals surface area contributed by atoms with Gasteiger partial charge in [-0.15, -0.1) is 0 Å². The van der Waals surface area contributed by atoms with E-state index < -0.39 is 0 Å². The molecule has 4 heteroatoms. The van der Waals surface area contributed by atoms with Crippen LogP contribution < -0.4 is 10.2 Å². The van der Waals surface area contributed by atoms with Crippen LogP contribution in [0.3, 0.4) is 0 Å². The first-order valence-corrected chi connectivity index (χ1v) is 7.34. The summed E-state index contributed by atoms with van der Waals surface area (Å²) in [4.78, 5) is 13.4. The van der Waals surface area contributed by atoms with Gasteiger partial charge in [0.15, 0.2) is 6.54 Å². The first-order chi connectivity index (χ1) is 9.56. The predicted octanol–water partition coefficient (Wildman–Crippen LogP) is 0.396. The zero-order valence-corrected chi connectivity index (χ0v) is 12.7. The summed E-state index contributed by atoms with van der Waals surface area (Å²) in [5, 5.41) is 3.09. The van der Waals surface area contributed by atoms with Crippen LogP contribution in [0.1, 0.15) is 29.7 Å². The Morgan fingerprint density at radius 3 is 2.65 bits per heavy atom. The number of ether oxygens (including phenoxy) is 1. The van der Waals surface area contributed by atoms with Crippen molar-refractivity contribution in [3.8, 4) is 0 Å². The van der Waals surface area contributed by atoms with Gasteiger partial charge >= 0.3 is 0 Å². The highest BCUT2D eigenvalue weighted by Gasteiger charge is 2.19. The second kappa shape index (κ2) is 6.86. The Bertz CT molecular complexity index is 468. The number of rotatable bonds is 4. The summed E-state index contributed by atoms with van der Waals surface area (Å²) in [7, 11) is 0. The van der Waals surface area contributed by atoms with Crippen molar-refractivity contribution in [2.45, 2.75) is 26.8 Å². The van der Waals surface area contributed by atoms with Gasteiger partial charge in [0.05, 0.1) is 19.3 Å². The summed E-state index contributed by atoms with van der Waals surface area (Å²) >= 11 is 0. The minimum Gasteiger partial charge on any atom is -0.370 e. The molecule has 0 aromatic heterocycles. The molecule has 1 aliphatic rings. The van der Waals surface area contributed by atoms with E-state index in [1.165, 1.54) is 21.6 Å². The number of quaternary nitrogens is 1. The van der Waals surface area contributed by atoms with Crippen LogP contribution in [-0.4, -0.2) is 38.8 Å². The van der Waals surface area contributed by atoms with E-state index in [2.05, 4.69) is 37.4 Å².